The van der Waals surface area contributed by atoms with E-state index in [0.717, 1.165) is 68.9 Å². The number of hydrogen-bond donors (Lipinski definition) is 1. The van der Waals surface area contributed by atoms with Gasteiger partial charge >= 0.3 is 0 Å². The topological polar surface area (TPSA) is 58.5 Å². The van der Waals surface area contributed by atoms with Crippen molar-refractivity contribution in [3.8, 4) is 0 Å². The molecule has 0 amide bonds. The summed E-state index contributed by atoms with van der Waals surface area (Å²) in [4.78, 5) is 14.1. The Labute approximate surface area is 171 Å². The summed E-state index contributed by atoms with van der Waals surface area (Å²) >= 11 is 0. The van der Waals surface area contributed by atoms with E-state index >= 15 is 0 Å². The highest BCUT2D eigenvalue weighted by Crippen LogP contribution is 2.23. The maximum absolute atomic E-state index is 5.78. The van der Waals surface area contributed by atoms with Gasteiger partial charge < -0.3 is 24.4 Å². The second kappa shape index (κ2) is 8.00. The standard InChI is InChI=1S/C22H28N6O/c1-26-10-12-27(13-11-26)19-6-4-18(5-7-19)24-22-23-15-17-8-9-28(21(17)25-22)16-20-3-2-14-29-20/h4-9,15,20H,2-3,10-14,16H2,1H3,(H,23,24,25). The number of rotatable bonds is 5. The Kier molecular flexibility index (Phi) is 5.08. The van der Waals surface area contributed by atoms with Gasteiger partial charge in [0.05, 0.1) is 12.6 Å². The molecule has 2 aliphatic rings. The third kappa shape index (κ3) is 4.06. The van der Waals surface area contributed by atoms with Gasteiger partial charge in [0.2, 0.25) is 5.95 Å². The van der Waals surface area contributed by atoms with Gasteiger partial charge in [-0.25, -0.2) is 4.98 Å². The Morgan fingerprint density at radius 3 is 2.69 bits per heavy atom. The third-order valence-electron chi connectivity index (χ3n) is 5.92. The Morgan fingerprint density at radius 2 is 1.93 bits per heavy atom. The first kappa shape index (κ1) is 18.4. The number of likely N-dealkylation sites (N-methyl/N-ethyl adjacent to an activating group) is 1. The van der Waals surface area contributed by atoms with Crippen LogP contribution in [-0.4, -0.2) is 65.4 Å². The average Bonchev–Trinajstić information content (AvgIpc) is 3.40. The zero-order valence-electron chi connectivity index (χ0n) is 16.9. The SMILES string of the molecule is CN1CCN(c2ccc(Nc3ncc4ccn(CC5CCCO5)c4n3)cc2)CC1. The van der Waals surface area contributed by atoms with E-state index in [1.807, 2.05) is 6.20 Å². The van der Waals surface area contributed by atoms with Crippen molar-refractivity contribution in [2.24, 2.45) is 0 Å². The molecule has 1 unspecified atom stereocenters. The summed E-state index contributed by atoms with van der Waals surface area (Å²) in [6, 6.07) is 10.6. The molecular weight excluding hydrogens is 364 g/mol. The number of nitrogens with one attached hydrogen (secondary N) is 1. The van der Waals surface area contributed by atoms with Crippen molar-refractivity contribution >= 4 is 28.4 Å². The van der Waals surface area contributed by atoms with Crippen molar-refractivity contribution in [3.63, 3.8) is 0 Å². The van der Waals surface area contributed by atoms with E-state index in [0.29, 0.717) is 12.1 Å². The average molecular weight is 393 g/mol. The molecular formula is C22H28N6O. The van der Waals surface area contributed by atoms with Crippen molar-refractivity contribution in [2.45, 2.75) is 25.5 Å². The third-order valence-corrected chi connectivity index (χ3v) is 5.92. The van der Waals surface area contributed by atoms with Crippen LogP contribution in [0, 0.1) is 0 Å². The van der Waals surface area contributed by atoms with Crippen molar-refractivity contribution in [1.29, 1.82) is 0 Å². The van der Waals surface area contributed by atoms with Crippen LogP contribution in [0.5, 0.6) is 0 Å². The zero-order valence-corrected chi connectivity index (χ0v) is 16.9. The number of nitrogens with zero attached hydrogens (tertiary/aromatic N) is 5. The van der Waals surface area contributed by atoms with E-state index in [9.17, 15) is 0 Å². The fourth-order valence-corrected chi connectivity index (χ4v) is 4.14. The van der Waals surface area contributed by atoms with Crippen molar-refractivity contribution in [3.05, 3.63) is 42.7 Å². The highest BCUT2D eigenvalue weighted by Gasteiger charge is 2.17. The number of ether oxygens (including phenoxy) is 1. The minimum atomic E-state index is 0.291. The lowest BCUT2D eigenvalue weighted by molar-refractivity contribution is 0.0979. The van der Waals surface area contributed by atoms with Crippen LogP contribution in [-0.2, 0) is 11.3 Å². The molecule has 29 heavy (non-hydrogen) atoms. The lowest BCUT2D eigenvalue weighted by Crippen LogP contribution is -2.44. The zero-order chi connectivity index (χ0) is 19.6. The number of benzene rings is 1. The van der Waals surface area contributed by atoms with E-state index in [1.165, 1.54) is 5.69 Å². The molecule has 7 nitrogen and oxygen atoms in total. The van der Waals surface area contributed by atoms with Gasteiger partial charge in [0, 0.05) is 61.9 Å². The molecule has 0 spiro atoms. The molecule has 152 valence electrons. The van der Waals surface area contributed by atoms with Gasteiger partial charge in [0.1, 0.15) is 5.65 Å². The summed E-state index contributed by atoms with van der Waals surface area (Å²) in [6.07, 6.45) is 6.52. The molecule has 2 aromatic heterocycles. The predicted molar refractivity (Wildman–Crippen MR) is 116 cm³/mol. The molecule has 0 radical (unpaired) electrons. The van der Waals surface area contributed by atoms with Crippen LogP contribution in [0.3, 0.4) is 0 Å². The fourth-order valence-electron chi connectivity index (χ4n) is 4.14. The van der Waals surface area contributed by atoms with Crippen LogP contribution in [0.1, 0.15) is 12.8 Å². The van der Waals surface area contributed by atoms with Gasteiger partial charge in [-0.2, -0.15) is 4.98 Å². The highest BCUT2D eigenvalue weighted by molar-refractivity contribution is 5.77. The number of aromatic nitrogens is 3. The first-order valence-electron chi connectivity index (χ1n) is 10.5. The van der Waals surface area contributed by atoms with Crippen molar-refractivity contribution in [2.75, 3.05) is 50.1 Å². The van der Waals surface area contributed by atoms with Crippen LogP contribution in [0.4, 0.5) is 17.3 Å². The first-order chi connectivity index (χ1) is 14.2. The smallest absolute Gasteiger partial charge is 0.229 e. The molecule has 7 heteroatoms. The van der Waals surface area contributed by atoms with E-state index < -0.39 is 0 Å². The summed E-state index contributed by atoms with van der Waals surface area (Å²) in [6.45, 7) is 6.09. The minimum Gasteiger partial charge on any atom is -0.376 e. The quantitative estimate of drug-likeness (QED) is 0.720. The maximum Gasteiger partial charge on any atom is 0.229 e. The molecule has 4 heterocycles. The Balaban J connectivity index is 1.29. The molecule has 5 rings (SSSR count). The molecule has 3 aromatic rings. The predicted octanol–water partition coefficient (Wildman–Crippen LogP) is 3.11. The number of anilines is 3. The molecule has 2 fully saturated rings. The van der Waals surface area contributed by atoms with Crippen molar-refractivity contribution < 1.29 is 4.74 Å². The van der Waals surface area contributed by atoms with E-state index in [4.69, 9.17) is 9.72 Å². The van der Waals surface area contributed by atoms with Crippen LogP contribution in [0.15, 0.2) is 42.7 Å². The Bertz CT molecular complexity index is 955. The van der Waals surface area contributed by atoms with Gasteiger partial charge in [-0.1, -0.05) is 0 Å². The summed E-state index contributed by atoms with van der Waals surface area (Å²) in [5.41, 5.74) is 3.22. The van der Waals surface area contributed by atoms with Crippen LogP contribution < -0.4 is 10.2 Å². The van der Waals surface area contributed by atoms with E-state index in [2.05, 4.69) is 68.2 Å². The summed E-state index contributed by atoms with van der Waals surface area (Å²) in [5, 5.41) is 4.40. The molecule has 0 bridgehead atoms. The summed E-state index contributed by atoms with van der Waals surface area (Å²) < 4.78 is 7.96. The van der Waals surface area contributed by atoms with Gasteiger partial charge in [0.15, 0.2) is 0 Å². The molecule has 2 aliphatic heterocycles. The molecule has 1 N–H and O–H groups in total. The number of hydrogen-bond acceptors (Lipinski definition) is 6. The lowest BCUT2D eigenvalue weighted by atomic mass is 10.2. The van der Waals surface area contributed by atoms with Crippen molar-refractivity contribution in [1.82, 2.24) is 19.4 Å². The Morgan fingerprint density at radius 1 is 1.10 bits per heavy atom. The molecule has 0 saturated carbocycles. The lowest BCUT2D eigenvalue weighted by Gasteiger charge is -2.34. The minimum absolute atomic E-state index is 0.291. The van der Waals surface area contributed by atoms with Gasteiger partial charge in [0.25, 0.3) is 0 Å². The number of piperazine rings is 1. The van der Waals surface area contributed by atoms with Crippen LogP contribution in [0.25, 0.3) is 11.0 Å². The van der Waals surface area contributed by atoms with E-state index in [-0.39, 0.29) is 0 Å². The largest absolute Gasteiger partial charge is 0.376 e. The highest BCUT2D eigenvalue weighted by atomic mass is 16.5. The van der Waals surface area contributed by atoms with Crippen LogP contribution in [0.2, 0.25) is 0 Å². The Hall–Kier alpha value is -2.64. The number of fused-ring (bicyclic) bond motifs is 1. The molecule has 0 aliphatic carbocycles. The molecule has 1 atom stereocenters. The summed E-state index contributed by atoms with van der Waals surface area (Å²) in [5.74, 6) is 0.622. The monoisotopic (exact) mass is 392 g/mol. The first-order valence-corrected chi connectivity index (χ1v) is 10.5. The summed E-state index contributed by atoms with van der Waals surface area (Å²) in [7, 11) is 2.18. The normalized spacial score (nSPS) is 20.4. The molecule has 1 aromatic carbocycles. The molecule has 2 saturated heterocycles. The fraction of sp³-hybridized carbons (Fsp3) is 0.455. The second-order valence-electron chi connectivity index (χ2n) is 8.04. The van der Waals surface area contributed by atoms with Gasteiger partial charge in [-0.05, 0) is 50.2 Å². The second-order valence-corrected chi connectivity index (χ2v) is 8.04. The van der Waals surface area contributed by atoms with Gasteiger partial charge in [-0.3, -0.25) is 0 Å². The maximum atomic E-state index is 5.78. The van der Waals surface area contributed by atoms with E-state index in [1.54, 1.807) is 0 Å². The van der Waals surface area contributed by atoms with Crippen LogP contribution >= 0.6 is 0 Å². The van der Waals surface area contributed by atoms with Gasteiger partial charge in [-0.15, -0.1) is 0 Å².